The molecular weight excluding hydrogens is 388 g/mol. The summed E-state index contributed by atoms with van der Waals surface area (Å²) in [5.41, 5.74) is 0. The highest BCUT2D eigenvalue weighted by Crippen LogP contribution is 2.33. The van der Waals surface area contributed by atoms with Crippen LogP contribution in [0.5, 0.6) is 0 Å². The van der Waals surface area contributed by atoms with E-state index in [2.05, 4.69) is 52.5 Å². The van der Waals surface area contributed by atoms with Crippen molar-refractivity contribution in [2.75, 3.05) is 5.32 Å². The molecule has 1 saturated carbocycles. The zero-order chi connectivity index (χ0) is 14.1. The summed E-state index contributed by atoms with van der Waals surface area (Å²) < 4.78 is 1.17. The van der Waals surface area contributed by atoms with E-state index in [1.54, 1.807) is 6.20 Å². The Morgan fingerprint density at radius 3 is 2.90 bits per heavy atom. The van der Waals surface area contributed by atoms with Gasteiger partial charge in [-0.05, 0) is 57.0 Å². The Balaban J connectivity index is 1.65. The van der Waals surface area contributed by atoms with Crippen molar-refractivity contribution >= 4 is 43.6 Å². The van der Waals surface area contributed by atoms with Crippen molar-refractivity contribution in [1.29, 1.82) is 0 Å². The van der Waals surface area contributed by atoms with E-state index in [0.717, 1.165) is 6.42 Å². The van der Waals surface area contributed by atoms with Crippen molar-refractivity contribution in [3.05, 3.63) is 15.4 Å². The summed E-state index contributed by atoms with van der Waals surface area (Å²) >= 11 is 6.55. The van der Waals surface area contributed by atoms with Gasteiger partial charge in [0.1, 0.15) is 9.21 Å². The Morgan fingerprint density at radius 2 is 2.15 bits per heavy atom. The van der Waals surface area contributed by atoms with Gasteiger partial charge in [-0.3, -0.25) is 4.79 Å². The van der Waals surface area contributed by atoms with Gasteiger partial charge >= 0.3 is 0 Å². The maximum Gasteiger partial charge on any atom is 0.242 e. The van der Waals surface area contributed by atoms with E-state index in [0.29, 0.717) is 27.0 Å². The van der Waals surface area contributed by atoms with Gasteiger partial charge in [-0.15, -0.1) is 0 Å². The van der Waals surface area contributed by atoms with Crippen molar-refractivity contribution in [1.82, 2.24) is 15.3 Å². The summed E-state index contributed by atoms with van der Waals surface area (Å²) in [7, 11) is 0. The number of carbonyl (C=O) groups excluding carboxylic acids is 1. The number of hydrogen-bond donors (Lipinski definition) is 2. The predicted molar refractivity (Wildman–Crippen MR) is 83.3 cm³/mol. The van der Waals surface area contributed by atoms with Crippen LogP contribution in [0.25, 0.3) is 0 Å². The van der Waals surface area contributed by atoms with Crippen molar-refractivity contribution in [3.63, 3.8) is 0 Å². The number of hydrogen-bond acceptors (Lipinski definition) is 4. The molecule has 108 valence electrons. The van der Waals surface area contributed by atoms with Crippen LogP contribution in [0.3, 0.4) is 0 Å². The summed E-state index contributed by atoms with van der Waals surface area (Å²) in [6.45, 7) is 0. The monoisotopic (exact) mass is 402 g/mol. The number of amides is 1. The van der Waals surface area contributed by atoms with Crippen molar-refractivity contribution in [2.45, 2.75) is 44.2 Å². The largest absolute Gasteiger partial charge is 0.307 e. The Hall–Kier alpha value is -0.530. The maximum absolute atomic E-state index is 12.3. The zero-order valence-corrected chi connectivity index (χ0v) is 14.1. The lowest BCUT2D eigenvalue weighted by molar-refractivity contribution is -0.117. The minimum absolute atomic E-state index is 0.0169. The Kier molecular flexibility index (Phi) is 4.37. The van der Waals surface area contributed by atoms with Gasteiger partial charge in [0.2, 0.25) is 5.91 Å². The average molecular weight is 404 g/mol. The number of nitrogens with one attached hydrogen (secondary N) is 2. The highest BCUT2D eigenvalue weighted by atomic mass is 79.9. The van der Waals surface area contributed by atoms with Crippen LogP contribution in [-0.2, 0) is 4.79 Å². The molecule has 2 aliphatic rings. The van der Waals surface area contributed by atoms with E-state index in [1.165, 1.54) is 25.7 Å². The Labute approximate surface area is 134 Å². The topological polar surface area (TPSA) is 66.9 Å². The molecule has 1 aliphatic carbocycles. The van der Waals surface area contributed by atoms with E-state index in [-0.39, 0.29) is 11.9 Å². The van der Waals surface area contributed by atoms with E-state index in [9.17, 15) is 4.79 Å². The molecule has 3 unspecified atom stereocenters. The summed E-state index contributed by atoms with van der Waals surface area (Å²) in [6, 6.07) is 0.402. The molecule has 2 heterocycles. The summed E-state index contributed by atoms with van der Waals surface area (Å²) in [5.74, 6) is 1.10. The third-order valence-corrected chi connectivity index (χ3v) is 5.06. The SMILES string of the molecule is O=C(Nc1ncc(Br)nc1Br)C1CC2CCCCC2N1. The number of rotatable bonds is 2. The van der Waals surface area contributed by atoms with Crippen LogP contribution in [0.2, 0.25) is 0 Å². The summed E-state index contributed by atoms with van der Waals surface area (Å²) in [5, 5.41) is 6.31. The van der Waals surface area contributed by atoms with Gasteiger partial charge in [-0.1, -0.05) is 12.8 Å². The van der Waals surface area contributed by atoms with Gasteiger partial charge in [-0.25, -0.2) is 9.97 Å². The first-order chi connectivity index (χ1) is 9.63. The molecule has 0 aromatic carbocycles. The number of anilines is 1. The third kappa shape index (κ3) is 3.04. The van der Waals surface area contributed by atoms with Crippen LogP contribution >= 0.6 is 31.9 Å². The number of nitrogens with zero attached hydrogens (tertiary/aromatic N) is 2. The van der Waals surface area contributed by atoms with Gasteiger partial charge in [0, 0.05) is 6.04 Å². The average Bonchev–Trinajstić information content (AvgIpc) is 2.86. The third-order valence-electron chi connectivity index (χ3n) is 4.12. The van der Waals surface area contributed by atoms with Crippen LogP contribution in [0, 0.1) is 5.92 Å². The molecule has 2 N–H and O–H groups in total. The van der Waals surface area contributed by atoms with Crippen LogP contribution in [0.4, 0.5) is 5.82 Å². The van der Waals surface area contributed by atoms with Crippen LogP contribution in [0.15, 0.2) is 15.4 Å². The maximum atomic E-state index is 12.3. The minimum Gasteiger partial charge on any atom is -0.307 e. The molecule has 2 fully saturated rings. The normalized spacial score (nSPS) is 29.0. The van der Waals surface area contributed by atoms with Crippen LogP contribution < -0.4 is 10.6 Å². The van der Waals surface area contributed by atoms with E-state index in [1.807, 2.05) is 0 Å². The second kappa shape index (κ2) is 6.07. The number of fused-ring (bicyclic) bond motifs is 1. The first-order valence-corrected chi connectivity index (χ1v) is 8.47. The molecule has 3 rings (SSSR count). The fourth-order valence-electron chi connectivity index (χ4n) is 3.16. The lowest BCUT2D eigenvalue weighted by Gasteiger charge is -2.24. The lowest BCUT2D eigenvalue weighted by Crippen LogP contribution is -2.40. The fourth-order valence-corrected chi connectivity index (χ4v) is 4.07. The van der Waals surface area contributed by atoms with E-state index >= 15 is 0 Å². The Bertz CT molecular complexity index is 511. The molecule has 5 nitrogen and oxygen atoms in total. The van der Waals surface area contributed by atoms with Gasteiger partial charge in [0.15, 0.2) is 5.82 Å². The number of halogens is 2. The molecule has 0 radical (unpaired) electrons. The zero-order valence-electron chi connectivity index (χ0n) is 10.9. The van der Waals surface area contributed by atoms with Crippen molar-refractivity contribution in [2.24, 2.45) is 5.92 Å². The van der Waals surface area contributed by atoms with E-state index in [4.69, 9.17) is 0 Å². The van der Waals surface area contributed by atoms with E-state index < -0.39 is 0 Å². The van der Waals surface area contributed by atoms with Crippen molar-refractivity contribution in [3.8, 4) is 0 Å². The number of aromatic nitrogens is 2. The first kappa shape index (κ1) is 14.4. The molecule has 20 heavy (non-hydrogen) atoms. The fraction of sp³-hybridized carbons (Fsp3) is 0.615. The molecular formula is C13H16Br2N4O. The first-order valence-electron chi connectivity index (χ1n) is 6.88. The molecule has 0 bridgehead atoms. The molecule has 7 heteroatoms. The van der Waals surface area contributed by atoms with Crippen LogP contribution in [0.1, 0.15) is 32.1 Å². The standard InChI is InChI=1S/C13H16Br2N4O/c14-10-6-16-12(11(15)18-10)19-13(20)9-5-7-3-1-2-4-8(7)17-9/h6-9,17H,1-5H2,(H,16,19,20). The smallest absolute Gasteiger partial charge is 0.242 e. The summed E-state index contributed by atoms with van der Waals surface area (Å²) in [4.78, 5) is 20.6. The van der Waals surface area contributed by atoms with Gasteiger partial charge < -0.3 is 10.6 Å². The molecule has 0 spiro atoms. The van der Waals surface area contributed by atoms with Gasteiger partial charge in [0.25, 0.3) is 0 Å². The highest BCUT2D eigenvalue weighted by molar-refractivity contribution is 9.11. The lowest BCUT2D eigenvalue weighted by atomic mass is 9.85. The quantitative estimate of drug-likeness (QED) is 0.796. The molecule has 1 aromatic heterocycles. The molecule has 1 amide bonds. The van der Waals surface area contributed by atoms with Crippen LogP contribution in [-0.4, -0.2) is 28.0 Å². The predicted octanol–water partition coefficient (Wildman–Crippen LogP) is 2.86. The molecule has 3 atom stereocenters. The summed E-state index contributed by atoms with van der Waals surface area (Å²) in [6.07, 6.45) is 7.49. The van der Waals surface area contributed by atoms with Crippen molar-refractivity contribution < 1.29 is 4.79 Å². The number of carbonyl (C=O) groups is 1. The highest BCUT2D eigenvalue weighted by Gasteiger charge is 2.38. The van der Waals surface area contributed by atoms with Gasteiger partial charge in [-0.2, -0.15) is 0 Å². The minimum atomic E-state index is -0.111. The molecule has 1 aromatic rings. The second-order valence-electron chi connectivity index (χ2n) is 5.43. The second-order valence-corrected chi connectivity index (χ2v) is 6.99. The van der Waals surface area contributed by atoms with Gasteiger partial charge in [0.05, 0.1) is 12.2 Å². The Morgan fingerprint density at radius 1 is 1.35 bits per heavy atom. The molecule has 1 aliphatic heterocycles. The molecule has 1 saturated heterocycles.